The molecule has 0 aromatic carbocycles. The highest BCUT2D eigenvalue weighted by atomic mass is 35.5. The molecule has 0 amide bonds. The summed E-state index contributed by atoms with van der Waals surface area (Å²) < 4.78 is 1.89. The normalized spacial score (nSPS) is 15.4. The molecule has 0 radical (unpaired) electrons. The van der Waals surface area contributed by atoms with Crippen LogP contribution in [0.25, 0.3) is 0 Å². The van der Waals surface area contributed by atoms with Crippen LogP contribution < -0.4 is 37.2 Å². The average molecular weight is 635 g/mol. The number of likely N-dealkylation sites (N-methyl/N-ethyl adjacent to an activating group) is 3. The zero-order valence-electron chi connectivity index (χ0n) is 25.1. The number of rotatable bonds is 19. The molecule has 0 spiro atoms. The lowest BCUT2D eigenvalue weighted by Crippen LogP contribution is -3.00. The maximum atomic E-state index is 10.7. The van der Waals surface area contributed by atoms with Gasteiger partial charge in [0.15, 0.2) is 0 Å². The highest BCUT2D eigenvalue weighted by Gasteiger charge is 2.28. The average Bonchev–Trinajstić information content (AvgIpc) is 2.52. The van der Waals surface area contributed by atoms with E-state index in [9.17, 15) is 29.7 Å². The van der Waals surface area contributed by atoms with Crippen molar-refractivity contribution in [1.29, 1.82) is 0 Å². The van der Waals surface area contributed by atoms with Gasteiger partial charge in [-0.3, -0.25) is 9.80 Å². The number of hydrogen-bond donors (Lipinski definition) is 6. The minimum absolute atomic E-state index is 0. The SMILES string of the molecule is C[N+](C)(C)CC(O)CN(CCC[Si](O)(O)O)CCN(CC(O)C[N+](C)(C)C)CC(O)C[N+](C)(C)C.[Cl-].[Cl-].[Cl-]. The van der Waals surface area contributed by atoms with E-state index in [1.165, 1.54) is 0 Å². The molecule has 236 valence electrons. The van der Waals surface area contributed by atoms with E-state index in [2.05, 4.69) is 9.80 Å². The zero-order valence-corrected chi connectivity index (χ0v) is 28.3. The first-order valence-corrected chi connectivity index (χ1v) is 14.7. The van der Waals surface area contributed by atoms with Crippen molar-refractivity contribution in [2.24, 2.45) is 0 Å². The van der Waals surface area contributed by atoms with E-state index in [0.29, 0.717) is 78.8 Å². The molecule has 0 aromatic heterocycles. The molecule has 11 nitrogen and oxygen atoms in total. The summed E-state index contributed by atoms with van der Waals surface area (Å²) in [4.78, 5) is 32.3. The van der Waals surface area contributed by atoms with Crippen molar-refractivity contribution in [2.45, 2.75) is 30.8 Å². The molecule has 15 heteroatoms. The lowest BCUT2D eigenvalue weighted by Gasteiger charge is -2.35. The lowest BCUT2D eigenvalue weighted by molar-refractivity contribution is -0.873. The summed E-state index contributed by atoms with van der Waals surface area (Å²) in [6, 6.07) is -0.0525. The van der Waals surface area contributed by atoms with Crippen molar-refractivity contribution in [3.05, 3.63) is 0 Å². The number of aliphatic hydroxyl groups is 3. The Morgan fingerprint density at radius 3 is 1.11 bits per heavy atom. The molecular formula is C23H58Cl3N5O6Si. The van der Waals surface area contributed by atoms with Crippen molar-refractivity contribution in [3.8, 4) is 0 Å². The van der Waals surface area contributed by atoms with Crippen molar-refractivity contribution in [1.82, 2.24) is 9.80 Å². The highest BCUT2D eigenvalue weighted by Crippen LogP contribution is 2.08. The molecule has 0 aromatic rings. The second-order valence-corrected chi connectivity index (χ2v) is 15.4. The minimum atomic E-state index is -4.11. The Morgan fingerprint density at radius 1 is 0.526 bits per heavy atom. The molecular weight excluding hydrogens is 577 g/mol. The number of nitrogens with zero attached hydrogens (tertiary/aromatic N) is 5. The van der Waals surface area contributed by atoms with Crippen LogP contribution in [-0.2, 0) is 0 Å². The van der Waals surface area contributed by atoms with Crippen molar-refractivity contribution < 1.29 is 80.4 Å². The monoisotopic (exact) mass is 633 g/mol. The zero-order chi connectivity index (χ0) is 27.7. The van der Waals surface area contributed by atoms with Gasteiger partial charge >= 0.3 is 8.80 Å². The largest absolute Gasteiger partial charge is 1.00 e. The Hall–Kier alpha value is 0.647. The Kier molecular flexibility index (Phi) is 23.7. The van der Waals surface area contributed by atoms with E-state index in [1.54, 1.807) is 0 Å². The summed E-state index contributed by atoms with van der Waals surface area (Å²) in [5.74, 6) is 0. The van der Waals surface area contributed by atoms with E-state index >= 15 is 0 Å². The van der Waals surface area contributed by atoms with Gasteiger partial charge in [-0.05, 0) is 13.0 Å². The summed E-state index contributed by atoms with van der Waals surface area (Å²) in [6.45, 7) is 4.69. The number of aliphatic hydroxyl groups excluding tert-OH is 3. The first-order chi connectivity index (χ1) is 15.5. The van der Waals surface area contributed by atoms with Gasteiger partial charge in [0.25, 0.3) is 0 Å². The first-order valence-electron chi connectivity index (χ1n) is 12.6. The van der Waals surface area contributed by atoms with Gasteiger partial charge in [0.1, 0.15) is 37.9 Å². The Morgan fingerprint density at radius 2 is 0.816 bits per heavy atom. The molecule has 3 unspecified atom stereocenters. The van der Waals surface area contributed by atoms with Gasteiger partial charge in [0.2, 0.25) is 0 Å². The van der Waals surface area contributed by atoms with Crippen LogP contribution in [0, 0.1) is 0 Å². The molecule has 6 N–H and O–H groups in total. The maximum Gasteiger partial charge on any atom is 0.492 e. The third-order valence-electron chi connectivity index (χ3n) is 5.40. The Balaban J connectivity index is -0.00000193. The fourth-order valence-electron chi connectivity index (χ4n) is 4.34. The Labute approximate surface area is 251 Å². The topological polar surface area (TPSA) is 128 Å². The summed E-state index contributed by atoms with van der Waals surface area (Å²) in [5.41, 5.74) is 0. The molecule has 0 rings (SSSR count). The molecule has 0 heterocycles. The molecule has 0 bridgehead atoms. The maximum absolute atomic E-state index is 10.7. The molecule has 0 aliphatic rings. The van der Waals surface area contributed by atoms with E-state index in [-0.39, 0.29) is 43.3 Å². The predicted molar refractivity (Wildman–Crippen MR) is 141 cm³/mol. The van der Waals surface area contributed by atoms with Crippen molar-refractivity contribution in [3.63, 3.8) is 0 Å². The van der Waals surface area contributed by atoms with Gasteiger partial charge in [0, 0.05) is 38.8 Å². The van der Waals surface area contributed by atoms with Crippen LogP contribution in [0.15, 0.2) is 0 Å². The molecule has 38 heavy (non-hydrogen) atoms. The summed E-state index contributed by atoms with van der Waals surface area (Å²) in [7, 11) is 14.1. The van der Waals surface area contributed by atoms with Gasteiger partial charge in [-0.25, -0.2) is 0 Å². The quantitative estimate of drug-likeness (QED) is 0.0611. The van der Waals surface area contributed by atoms with Gasteiger partial charge in [-0.2, -0.15) is 0 Å². The van der Waals surface area contributed by atoms with Gasteiger partial charge < -0.3 is 80.4 Å². The molecule has 0 aliphatic carbocycles. The second-order valence-electron chi connectivity index (χ2n) is 13.3. The third kappa shape index (κ3) is 29.6. The summed E-state index contributed by atoms with van der Waals surface area (Å²) in [6.07, 6.45) is -1.25. The molecule has 0 aliphatic heterocycles. The number of hydrogen-bond acceptors (Lipinski definition) is 8. The standard InChI is InChI=1S/C23H58N5O6Si.3ClH/c1-26(2,3)18-21(29)15-24(11-10-14-35(32,33)34)12-13-25(16-22(30)19-27(4,5)6)17-23(31)20-28(7,8)9;;;/h21-23,29-34H,10-20H2,1-9H3;3*1H/q+3;;;/p-3. The summed E-state index contributed by atoms with van der Waals surface area (Å²) >= 11 is 0. The van der Waals surface area contributed by atoms with E-state index < -0.39 is 27.1 Å². The highest BCUT2D eigenvalue weighted by molar-refractivity contribution is 6.56. The first kappa shape index (κ1) is 45.6. The summed E-state index contributed by atoms with van der Waals surface area (Å²) in [5, 5.41) is 32.0. The number of halogens is 3. The van der Waals surface area contributed by atoms with E-state index in [4.69, 9.17) is 0 Å². The van der Waals surface area contributed by atoms with Crippen LogP contribution in [0.5, 0.6) is 0 Å². The van der Waals surface area contributed by atoms with Crippen LogP contribution >= 0.6 is 0 Å². The molecule has 0 saturated carbocycles. The van der Waals surface area contributed by atoms with Crippen molar-refractivity contribution in [2.75, 3.05) is 122 Å². The number of quaternary nitrogens is 3. The molecule has 0 saturated heterocycles. The Bertz CT molecular complexity index is 566. The third-order valence-corrected chi connectivity index (χ3v) is 6.43. The predicted octanol–water partition coefficient (Wildman–Crippen LogP) is -11.9. The van der Waals surface area contributed by atoms with Crippen LogP contribution in [0.2, 0.25) is 6.04 Å². The molecule has 3 atom stereocenters. The molecule has 0 fully saturated rings. The fourth-order valence-corrected chi connectivity index (χ4v) is 4.97. The lowest BCUT2D eigenvalue weighted by atomic mass is 10.2. The smallest absolute Gasteiger partial charge is 0.492 e. The van der Waals surface area contributed by atoms with Gasteiger partial charge in [-0.15, -0.1) is 0 Å². The fraction of sp³-hybridized carbons (Fsp3) is 1.00. The minimum Gasteiger partial charge on any atom is -1.00 e. The van der Waals surface area contributed by atoms with E-state index in [1.807, 2.05) is 63.4 Å². The van der Waals surface area contributed by atoms with E-state index in [0.717, 1.165) is 0 Å². The van der Waals surface area contributed by atoms with Gasteiger partial charge in [0.05, 0.1) is 63.4 Å². The van der Waals surface area contributed by atoms with Crippen molar-refractivity contribution >= 4 is 8.80 Å². The van der Waals surface area contributed by atoms with Crippen LogP contribution in [0.4, 0.5) is 0 Å². The van der Waals surface area contributed by atoms with Gasteiger partial charge in [-0.1, -0.05) is 0 Å². The van der Waals surface area contributed by atoms with Crippen LogP contribution in [0.3, 0.4) is 0 Å². The van der Waals surface area contributed by atoms with Crippen LogP contribution in [0.1, 0.15) is 6.42 Å². The second kappa shape index (κ2) is 19.7. The van der Waals surface area contributed by atoms with Crippen LogP contribution in [-0.4, -0.2) is 202 Å².